The number of hydrogen-bond donors (Lipinski definition) is 1. The molecule has 0 saturated carbocycles. The Kier molecular flexibility index (Phi) is 4.63. The molecule has 0 aliphatic carbocycles. The van der Waals surface area contributed by atoms with E-state index in [1.807, 2.05) is 38.1 Å². The second-order valence-corrected chi connectivity index (χ2v) is 6.25. The molecule has 1 aromatic carbocycles. The first-order valence-electron chi connectivity index (χ1n) is 6.69. The summed E-state index contributed by atoms with van der Waals surface area (Å²) >= 11 is 3.44. The van der Waals surface area contributed by atoms with E-state index in [1.54, 1.807) is 0 Å². The van der Waals surface area contributed by atoms with Crippen LogP contribution >= 0.6 is 15.9 Å². The molecule has 1 aliphatic rings. The third-order valence-electron chi connectivity index (χ3n) is 3.60. The van der Waals surface area contributed by atoms with Crippen LogP contribution in [0.2, 0.25) is 0 Å². The molecule has 0 aromatic heterocycles. The van der Waals surface area contributed by atoms with Gasteiger partial charge in [-0.3, -0.25) is 4.79 Å². The van der Waals surface area contributed by atoms with Crippen LogP contribution in [0.3, 0.4) is 0 Å². The number of carbonyl (C=O) groups is 1. The molecule has 1 N–H and O–H groups in total. The number of hydrogen-bond acceptors (Lipinski definition) is 2. The fraction of sp³-hybridized carbons (Fsp3) is 0.533. The number of nitrogens with one attached hydrogen (secondary N) is 1. The van der Waals surface area contributed by atoms with Gasteiger partial charge in [0, 0.05) is 23.7 Å². The Bertz CT molecular complexity index is 436. The lowest BCUT2D eigenvalue weighted by Gasteiger charge is -2.36. The molecule has 19 heavy (non-hydrogen) atoms. The molecule has 0 atom stereocenters. The minimum Gasteiger partial charge on any atom is -0.381 e. The summed E-state index contributed by atoms with van der Waals surface area (Å²) in [6, 6.07) is 8.22. The van der Waals surface area contributed by atoms with Crippen LogP contribution in [0.25, 0.3) is 0 Å². The quantitative estimate of drug-likeness (QED) is 0.927. The van der Waals surface area contributed by atoms with Crippen molar-refractivity contribution in [3.05, 3.63) is 34.3 Å². The molecule has 104 valence electrons. The van der Waals surface area contributed by atoms with Crippen molar-refractivity contribution in [2.24, 2.45) is 0 Å². The van der Waals surface area contributed by atoms with Gasteiger partial charge < -0.3 is 10.1 Å². The molecule has 1 amide bonds. The Labute approximate surface area is 122 Å². The molecule has 2 rings (SSSR count). The minimum atomic E-state index is -0.441. The minimum absolute atomic E-state index is 0.119. The SMILES string of the molecule is CC(C)NC(=O)C1(c2ccc(Br)cc2)CCOCC1. The highest BCUT2D eigenvalue weighted by Crippen LogP contribution is 2.35. The van der Waals surface area contributed by atoms with Gasteiger partial charge in [-0.25, -0.2) is 0 Å². The van der Waals surface area contributed by atoms with E-state index >= 15 is 0 Å². The molecule has 0 spiro atoms. The maximum Gasteiger partial charge on any atom is 0.231 e. The van der Waals surface area contributed by atoms with Crippen LogP contribution in [0, 0.1) is 0 Å². The molecule has 1 aromatic rings. The van der Waals surface area contributed by atoms with Crippen molar-refractivity contribution in [2.45, 2.75) is 38.1 Å². The number of benzene rings is 1. The zero-order valence-electron chi connectivity index (χ0n) is 11.4. The van der Waals surface area contributed by atoms with Crippen LogP contribution in [0.1, 0.15) is 32.3 Å². The first-order valence-corrected chi connectivity index (χ1v) is 7.49. The normalized spacial score (nSPS) is 18.3. The van der Waals surface area contributed by atoms with E-state index in [0.29, 0.717) is 13.2 Å². The van der Waals surface area contributed by atoms with Gasteiger partial charge >= 0.3 is 0 Å². The van der Waals surface area contributed by atoms with E-state index in [-0.39, 0.29) is 11.9 Å². The molecule has 0 radical (unpaired) electrons. The summed E-state index contributed by atoms with van der Waals surface area (Å²) in [6.07, 6.45) is 1.49. The fourth-order valence-electron chi connectivity index (χ4n) is 2.54. The van der Waals surface area contributed by atoms with Gasteiger partial charge in [0.05, 0.1) is 5.41 Å². The first-order chi connectivity index (χ1) is 9.04. The van der Waals surface area contributed by atoms with Gasteiger partial charge in [0.25, 0.3) is 0 Å². The van der Waals surface area contributed by atoms with Gasteiger partial charge in [-0.05, 0) is 44.4 Å². The van der Waals surface area contributed by atoms with Crippen LogP contribution in [0.4, 0.5) is 0 Å². The zero-order valence-corrected chi connectivity index (χ0v) is 13.0. The Balaban J connectivity index is 2.33. The molecule has 4 heteroatoms. The molecule has 1 heterocycles. The van der Waals surface area contributed by atoms with Gasteiger partial charge in [0.1, 0.15) is 0 Å². The average molecular weight is 326 g/mol. The molecule has 0 bridgehead atoms. The zero-order chi connectivity index (χ0) is 13.9. The Morgan fingerprint density at radius 1 is 1.26 bits per heavy atom. The van der Waals surface area contributed by atoms with E-state index in [9.17, 15) is 4.79 Å². The first kappa shape index (κ1) is 14.5. The molecular formula is C15H20BrNO2. The van der Waals surface area contributed by atoms with Crippen LogP contribution in [0.5, 0.6) is 0 Å². The molecule has 1 saturated heterocycles. The van der Waals surface area contributed by atoms with E-state index in [1.165, 1.54) is 0 Å². The lowest BCUT2D eigenvalue weighted by molar-refractivity contribution is -0.131. The Morgan fingerprint density at radius 2 is 1.84 bits per heavy atom. The summed E-state index contributed by atoms with van der Waals surface area (Å²) in [6.45, 7) is 5.27. The number of rotatable bonds is 3. The summed E-state index contributed by atoms with van der Waals surface area (Å²) < 4.78 is 6.47. The smallest absolute Gasteiger partial charge is 0.231 e. The predicted molar refractivity (Wildman–Crippen MR) is 79.2 cm³/mol. The van der Waals surface area contributed by atoms with Gasteiger partial charge in [0.15, 0.2) is 0 Å². The van der Waals surface area contributed by atoms with Crippen molar-refractivity contribution in [1.82, 2.24) is 5.32 Å². The van der Waals surface area contributed by atoms with Crippen molar-refractivity contribution in [2.75, 3.05) is 13.2 Å². The Hall–Kier alpha value is -0.870. The largest absolute Gasteiger partial charge is 0.381 e. The summed E-state index contributed by atoms with van der Waals surface area (Å²) in [5, 5.41) is 3.06. The molecule has 1 fully saturated rings. The highest BCUT2D eigenvalue weighted by atomic mass is 79.9. The summed E-state index contributed by atoms with van der Waals surface area (Å²) in [5.74, 6) is 0.119. The topological polar surface area (TPSA) is 38.3 Å². The van der Waals surface area contributed by atoms with E-state index in [4.69, 9.17) is 4.74 Å². The van der Waals surface area contributed by atoms with Crippen molar-refractivity contribution in [3.63, 3.8) is 0 Å². The summed E-state index contributed by atoms with van der Waals surface area (Å²) in [4.78, 5) is 12.6. The molecule has 0 unspecified atom stereocenters. The highest BCUT2D eigenvalue weighted by molar-refractivity contribution is 9.10. The summed E-state index contributed by atoms with van der Waals surface area (Å²) in [7, 11) is 0. The number of amides is 1. The summed E-state index contributed by atoms with van der Waals surface area (Å²) in [5.41, 5.74) is 0.639. The fourth-order valence-corrected chi connectivity index (χ4v) is 2.80. The third-order valence-corrected chi connectivity index (χ3v) is 4.13. The van der Waals surface area contributed by atoms with Crippen LogP contribution in [-0.2, 0) is 14.9 Å². The van der Waals surface area contributed by atoms with Gasteiger partial charge in [-0.15, -0.1) is 0 Å². The highest BCUT2D eigenvalue weighted by Gasteiger charge is 2.41. The lowest BCUT2D eigenvalue weighted by Crippen LogP contribution is -2.49. The third kappa shape index (κ3) is 3.18. The number of halogens is 1. The van der Waals surface area contributed by atoms with Crippen molar-refractivity contribution in [1.29, 1.82) is 0 Å². The second kappa shape index (κ2) is 6.06. The van der Waals surface area contributed by atoms with Gasteiger partial charge in [0.2, 0.25) is 5.91 Å². The average Bonchev–Trinajstić information content (AvgIpc) is 2.39. The van der Waals surface area contributed by atoms with Crippen molar-refractivity contribution < 1.29 is 9.53 Å². The van der Waals surface area contributed by atoms with E-state index in [0.717, 1.165) is 22.9 Å². The maximum atomic E-state index is 12.6. The predicted octanol–water partition coefficient (Wildman–Crippen LogP) is 3.02. The Morgan fingerprint density at radius 3 is 2.37 bits per heavy atom. The van der Waals surface area contributed by atoms with Gasteiger partial charge in [-0.2, -0.15) is 0 Å². The number of carbonyl (C=O) groups excluding carboxylic acids is 1. The van der Waals surface area contributed by atoms with E-state index in [2.05, 4.69) is 21.2 Å². The molecule has 3 nitrogen and oxygen atoms in total. The molecule has 1 aliphatic heterocycles. The van der Waals surface area contributed by atoms with Crippen LogP contribution < -0.4 is 5.32 Å². The number of ether oxygens (including phenoxy) is 1. The second-order valence-electron chi connectivity index (χ2n) is 5.33. The maximum absolute atomic E-state index is 12.6. The van der Waals surface area contributed by atoms with Crippen LogP contribution in [-0.4, -0.2) is 25.2 Å². The molecular weight excluding hydrogens is 306 g/mol. The lowest BCUT2D eigenvalue weighted by atomic mass is 9.73. The standard InChI is InChI=1S/C15H20BrNO2/c1-11(2)17-14(18)15(7-9-19-10-8-15)12-3-5-13(16)6-4-12/h3-6,11H,7-10H2,1-2H3,(H,17,18). The van der Waals surface area contributed by atoms with Crippen molar-refractivity contribution in [3.8, 4) is 0 Å². The van der Waals surface area contributed by atoms with Crippen molar-refractivity contribution >= 4 is 21.8 Å². The van der Waals surface area contributed by atoms with E-state index < -0.39 is 5.41 Å². The van der Waals surface area contributed by atoms with Crippen LogP contribution in [0.15, 0.2) is 28.7 Å². The monoisotopic (exact) mass is 325 g/mol. The van der Waals surface area contributed by atoms with Gasteiger partial charge in [-0.1, -0.05) is 28.1 Å².